The lowest BCUT2D eigenvalue weighted by molar-refractivity contribution is 0.387. The van der Waals surface area contributed by atoms with Crippen LogP contribution in [0.3, 0.4) is 0 Å². The van der Waals surface area contributed by atoms with Crippen LogP contribution >= 0.6 is 0 Å². The lowest BCUT2D eigenvalue weighted by atomic mass is 10.1. The third kappa shape index (κ3) is 3.92. The van der Waals surface area contributed by atoms with Gasteiger partial charge in [-0.25, -0.2) is 0 Å². The van der Waals surface area contributed by atoms with Crippen molar-refractivity contribution in [3.63, 3.8) is 0 Å². The first-order valence-corrected chi connectivity index (χ1v) is 9.86. The minimum atomic E-state index is -5.14. The number of hydrogen-bond acceptors (Lipinski definition) is 8. The van der Waals surface area contributed by atoms with Gasteiger partial charge in [-0.15, -0.1) is 0 Å². The molecule has 14 heteroatoms. The molecule has 0 amide bonds. The molecular weight excluding hydrogens is 392 g/mol. The Morgan fingerprint density at radius 2 is 1.21 bits per heavy atom. The summed E-state index contributed by atoms with van der Waals surface area (Å²) in [6, 6.07) is 2.41. The highest BCUT2D eigenvalue weighted by Crippen LogP contribution is 2.38. The first kappa shape index (κ1) is 18.4. The molecule has 0 fully saturated rings. The van der Waals surface area contributed by atoms with E-state index < -0.39 is 62.7 Å². The van der Waals surface area contributed by atoms with E-state index in [-0.39, 0.29) is 0 Å². The van der Waals surface area contributed by atoms with Crippen LogP contribution in [0.2, 0.25) is 0 Å². The summed E-state index contributed by atoms with van der Waals surface area (Å²) >= 11 is 0. The van der Waals surface area contributed by atoms with Crippen LogP contribution in [0.4, 0.5) is 0 Å². The van der Waals surface area contributed by atoms with E-state index in [0.29, 0.717) is 24.3 Å². The minimum absolute atomic E-state index is 0.420. The van der Waals surface area contributed by atoms with Crippen molar-refractivity contribution in [2.24, 2.45) is 0 Å². The summed E-state index contributed by atoms with van der Waals surface area (Å²) in [6.07, 6.45) is 0. The van der Waals surface area contributed by atoms with E-state index in [0.717, 1.165) is 0 Å². The van der Waals surface area contributed by atoms with Gasteiger partial charge in [-0.3, -0.25) is 13.7 Å². The van der Waals surface area contributed by atoms with Crippen molar-refractivity contribution in [3.05, 3.63) is 24.3 Å². The molecule has 0 aromatic heterocycles. The maximum Gasteiger partial charge on any atom is 0.446 e. The van der Waals surface area contributed by atoms with E-state index in [1.165, 1.54) is 0 Å². The predicted molar refractivity (Wildman–Crippen MR) is 77.4 cm³/mol. The van der Waals surface area contributed by atoms with Crippen molar-refractivity contribution < 1.29 is 48.2 Å². The molecule has 2 aromatic carbocycles. The molecule has 132 valence electrons. The maximum absolute atomic E-state index is 11.2. The van der Waals surface area contributed by atoms with Gasteiger partial charge >= 0.3 is 10.4 Å². The van der Waals surface area contributed by atoms with Gasteiger partial charge in [0.25, 0.3) is 20.2 Å². The quantitative estimate of drug-likeness (QED) is 0.513. The standard InChI is InChI=1S/C10H8O11S3/c11-8-3-6(22(12,13)14)1-5-2-7(23(15,16)17)4-9(10(5)8)21-24(18,19)20/h1-4,11H,(H,12,13,14)(H,15,16,17)(H,18,19,20). The van der Waals surface area contributed by atoms with Crippen LogP contribution in [-0.4, -0.2) is 44.0 Å². The first-order chi connectivity index (χ1) is 10.7. The van der Waals surface area contributed by atoms with Crippen LogP contribution in [-0.2, 0) is 30.6 Å². The Bertz CT molecular complexity index is 1140. The van der Waals surface area contributed by atoms with Crippen molar-refractivity contribution in [1.82, 2.24) is 0 Å². The van der Waals surface area contributed by atoms with Crippen molar-refractivity contribution in [3.8, 4) is 11.5 Å². The average Bonchev–Trinajstić information content (AvgIpc) is 2.33. The molecular formula is C10H8O11S3. The Morgan fingerprint density at radius 1 is 0.750 bits per heavy atom. The Balaban J connectivity index is 2.99. The predicted octanol–water partition coefficient (Wildman–Crippen LogP) is 0.220. The Hall–Kier alpha value is -1.97. The summed E-state index contributed by atoms with van der Waals surface area (Å²) in [6.45, 7) is 0. The average molecular weight is 400 g/mol. The SMILES string of the molecule is O=S(=O)(O)Oc1cc(S(=O)(=O)O)cc2cc(S(=O)(=O)O)cc(O)c12. The molecule has 4 N–H and O–H groups in total. The van der Waals surface area contributed by atoms with Crippen LogP contribution in [0.25, 0.3) is 10.8 Å². The van der Waals surface area contributed by atoms with Crippen molar-refractivity contribution >= 4 is 41.4 Å². The molecule has 0 aliphatic carbocycles. The number of phenolic OH excluding ortho intramolecular Hbond substituents is 1. The molecule has 24 heavy (non-hydrogen) atoms. The third-order valence-corrected chi connectivity index (χ3v) is 4.78. The molecule has 0 aliphatic heterocycles. The third-order valence-electron chi connectivity index (χ3n) is 2.73. The number of aromatic hydroxyl groups is 1. The molecule has 0 heterocycles. The summed E-state index contributed by atoms with van der Waals surface area (Å²) in [4.78, 5) is -1.75. The topological polar surface area (TPSA) is 193 Å². The molecule has 0 saturated heterocycles. The van der Waals surface area contributed by atoms with Gasteiger partial charge in [-0.05, 0) is 17.5 Å². The Morgan fingerprint density at radius 3 is 1.62 bits per heavy atom. The van der Waals surface area contributed by atoms with Gasteiger partial charge in [0.15, 0.2) is 5.75 Å². The van der Waals surface area contributed by atoms with Crippen molar-refractivity contribution in [2.45, 2.75) is 9.79 Å². The van der Waals surface area contributed by atoms with E-state index in [9.17, 15) is 30.4 Å². The fraction of sp³-hybridized carbons (Fsp3) is 0. The van der Waals surface area contributed by atoms with Gasteiger partial charge in [0.05, 0.1) is 15.2 Å². The van der Waals surface area contributed by atoms with Crippen LogP contribution in [0, 0.1) is 0 Å². The number of fused-ring (bicyclic) bond motifs is 1. The molecule has 0 aliphatic rings. The lowest BCUT2D eigenvalue weighted by Gasteiger charge is -2.11. The second kappa shape index (κ2) is 5.54. The summed E-state index contributed by atoms with van der Waals surface area (Å²) in [7, 11) is -14.8. The highest BCUT2D eigenvalue weighted by molar-refractivity contribution is 7.86. The van der Waals surface area contributed by atoms with E-state index in [4.69, 9.17) is 13.7 Å². The molecule has 11 nitrogen and oxygen atoms in total. The summed E-state index contributed by atoms with van der Waals surface area (Å²) in [5.74, 6) is -1.80. The minimum Gasteiger partial charge on any atom is -0.507 e. The number of benzene rings is 2. The van der Waals surface area contributed by atoms with Crippen molar-refractivity contribution in [1.29, 1.82) is 0 Å². The van der Waals surface area contributed by atoms with Gasteiger partial charge in [0, 0.05) is 12.1 Å². The Labute approximate surface area is 135 Å². The van der Waals surface area contributed by atoms with Gasteiger partial charge in [0.2, 0.25) is 0 Å². The zero-order chi connectivity index (χ0) is 18.5. The fourth-order valence-electron chi connectivity index (χ4n) is 1.88. The molecule has 2 rings (SSSR count). The first-order valence-electron chi connectivity index (χ1n) is 5.61. The summed E-state index contributed by atoms with van der Waals surface area (Å²) in [5.41, 5.74) is 0. The zero-order valence-corrected chi connectivity index (χ0v) is 13.6. The monoisotopic (exact) mass is 400 g/mol. The largest absolute Gasteiger partial charge is 0.507 e. The molecule has 0 unspecified atom stereocenters. The summed E-state index contributed by atoms with van der Waals surface area (Å²) < 4.78 is 97.3. The van der Waals surface area contributed by atoms with Crippen LogP contribution in [0.5, 0.6) is 11.5 Å². The normalized spacial score (nSPS) is 13.1. The van der Waals surface area contributed by atoms with Crippen LogP contribution in [0.15, 0.2) is 34.1 Å². The van der Waals surface area contributed by atoms with E-state index in [1.807, 2.05) is 0 Å². The fourth-order valence-corrected chi connectivity index (χ4v) is 3.30. The van der Waals surface area contributed by atoms with E-state index >= 15 is 0 Å². The molecule has 0 atom stereocenters. The zero-order valence-electron chi connectivity index (χ0n) is 11.2. The molecule has 0 radical (unpaired) electrons. The number of rotatable bonds is 4. The second-order valence-electron chi connectivity index (χ2n) is 4.42. The van der Waals surface area contributed by atoms with E-state index in [1.54, 1.807) is 0 Å². The number of hydrogen-bond donors (Lipinski definition) is 4. The highest BCUT2D eigenvalue weighted by Gasteiger charge is 2.22. The second-order valence-corrected chi connectivity index (χ2v) is 8.29. The summed E-state index contributed by atoms with van der Waals surface area (Å²) in [5, 5.41) is 8.93. The van der Waals surface area contributed by atoms with Crippen LogP contribution < -0.4 is 4.18 Å². The van der Waals surface area contributed by atoms with Crippen molar-refractivity contribution in [2.75, 3.05) is 0 Å². The maximum atomic E-state index is 11.2. The van der Waals surface area contributed by atoms with Gasteiger partial charge in [-0.2, -0.15) is 25.3 Å². The molecule has 0 saturated carbocycles. The smallest absolute Gasteiger partial charge is 0.446 e. The molecule has 0 spiro atoms. The highest BCUT2D eigenvalue weighted by atomic mass is 32.3. The molecule has 2 aromatic rings. The van der Waals surface area contributed by atoms with Gasteiger partial charge in [0.1, 0.15) is 5.75 Å². The van der Waals surface area contributed by atoms with Gasteiger partial charge in [-0.1, -0.05) is 0 Å². The Kier molecular flexibility index (Phi) is 4.24. The van der Waals surface area contributed by atoms with Gasteiger partial charge < -0.3 is 9.29 Å². The van der Waals surface area contributed by atoms with Crippen LogP contribution in [0.1, 0.15) is 0 Å². The van der Waals surface area contributed by atoms with E-state index in [2.05, 4.69) is 4.18 Å². The lowest BCUT2D eigenvalue weighted by Crippen LogP contribution is -2.08. The molecule has 0 bridgehead atoms. The number of phenols is 1.